The van der Waals surface area contributed by atoms with Crippen LogP contribution in [0.4, 0.5) is 11.4 Å². The Kier molecular flexibility index (Phi) is 12.5. The first-order valence-electron chi connectivity index (χ1n) is 13.4. The molecule has 0 aliphatic rings. The normalized spacial score (nSPS) is 11.2. The van der Waals surface area contributed by atoms with E-state index in [-0.39, 0.29) is 11.8 Å². The molecule has 0 spiro atoms. The van der Waals surface area contributed by atoms with Gasteiger partial charge in [-0.25, -0.2) is 0 Å². The molecule has 0 bridgehead atoms. The first-order chi connectivity index (χ1) is 21.4. The van der Waals surface area contributed by atoms with E-state index in [0.29, 0.717) is 45.9 Å². The number of para-hydroxylation sites is 2. The summed E-state index contributed by atoms with van der Waals surface area (Å²) in [6.45, 7) is 0. The summed E-state index contributed by atoms with van der Waals surface area (Å²) in [4.78, 5) is 25.1. The Hall–Kier alpha value is -5.64. The Balaban J connectivity index is 1.61. The van der Waals surface area contributed by atoms with E-state index in [4.69, 9.17) is 28.4 Å². The van der Waals surface area contributed by atoms with E-state index < -0.39 is 0 Å². The number of benzene rings is 3. The first kappa shape index (κ1) is 32.9. The average molecular weight is 601 g/mol. The third-order valence-corrected chi connectivity index (χ3v) is 6.11. The van der Waals surface area contributed by atoms with Crippen molar-refractivity contribution >= 4 is 35.3 Å². The molecule has 10 heteroatoms. The lowest BCUT2D eigenvalue weighted by Crippen LogP contribution is -2.13. The predicted octanol–water partition coefficient (Wildman–Crippen LogP) is 6.15. The summed E-state index contributed by atoms with van der Waals surface area (Å²) in [5.74, 6) is 2.35. The highest BCUT2D eigenvalue weighted by molar-refractivity contribution is 6.06. The number of methoxy groups -OCH3 is 6. The van der Waals surface area contributed by atoms with E-state index in [1.165, 1.54) is 26.4 Å². The van der Waals surface area contributed by atoms with Crippen molar-refractivity contribution in [2.45, 2.75) is 0 Å². The van der Waals surface area contributed by atoms with Crippen LogP contribution in [0.2, 0.25) is 0 Å². The molecule has 2 amide bonds. The summed E-state index contributed by atoms with van der Waals surface area (Å²) in [5.41, 5.74) is 2.49. The topological polar surface area (TPSA) is 114 Å². The van der Waals surface area contributed by atoms with Crippen LogP contribution in [-0.4, -0.2) is 54.5 Å². The summed E-state index contributed by atoms with van der Waals surface area (Å²) in [6, 6.07) is 14.1. The van der Waals surface area contributed by atoms with E-state index in [1.807, 2.05) is 0 Å². The second kappa shape index (κ2) is 16.7. The zero-order valence-corrected chi connectivity index (χ0v) is 25.5. The number of hydrogen-bond donors (Lipinski definition) is 2. The molecular weight excluding hydrogens is 564 g/mol. The molecule has 3 aromatic rings. The Bertz CT molecular complexity index is 1410. The van der Waals surface area contributed by atoms with Gasteiger partial charge in [0, 0.05) is 12.2 Å². The van der Waals surface area contributed by atoms with Crippen molar-refractivity contribution < 1.29 is 38.0 Å². The minimum absolute atomic E-state index is 0.370. The zero-order chi connectivity index (χ0) is 31.9. The lowest BCUT2D eigenvalue weighted by molar-refractivity contribution is -0.112. The van der Waals surface area contributed by atoms with Crippen LogP contribution in [0.15, 0.2) is 85.0 Å². The van der Waals surface area contributed by atoms with Crippen molar-refractivity contribution in [3.8, 4) is 34.5 Å². The second-order valence-corrected chi connectivity index (χ2v) is 8.88. The number of anilines is 2. The third-order valence-electron chi connectivity index (χ3n) is 6.11. The number of allylic oxidation sites excluding steroid dienone is 4. The number of carbonyl (C=O) groups excluding carboxylic acids is 2. The fraction of sp³-hybridized carbons (Fsp3) is 0.176. The molecule has 0 radical (unpaired) electrons. The molecule has 3 aromatic carbocycles. The van der Waals surface area contributed by atoms with Crippen LogP contribution in [-0.2, 0) is 9.59 Å². The van der Waals surface area contributed by atoms with Gasteiger partial charge < -0.3 is 39.1 Å². The summed E-state index contributed by atoms with van der Waals surface area (Å²) in [5, 5.41) is 5.57. The highest BCUT2D eigenvalue weighted by Crippen LogP contribution is 2.39. The quantitative estimate of drug-likeness (QED) is 0.167. The third kappa shape index (κ3) is 8.93. The van der Waals surface area contributed by atoms with Crippen molar-refractivity contribution in [2.75, 3.05) is 53.3 Å². The first-order valence-corrected chi connectivity index (χ1v) is 13.4. The molecule has 44 heavy (non-hydrogen) atoms. The minimum Gasteiger partial charge on any atom is -0.493 e. The van der Waals surface area contributed by atoms with Gasteiger partial charge >= 0.3 is 0 Å². The van der Waals surface area contributed by atoms with Gasteiger partial charge in [-0.05, 0) is 47.5 Å². The maximum Gasteiger partial charge on any atom is 0.248 e. The number of nitrogens with one attached hydrogen (secondary N) is 2. The van der Waals surface area contributed by atoms with Gasteiger partial charge in [-0.15, -0.1) is 0 Å². The SMILES string of the molecule is COc1cc(/C=C/C=C/C(=O)Nc2ccccc2NC(=O)/C=C/C=C/c2cc(OC)c(OC)c(OC)c2)cc(OC)c1OC. The fourth-order valence-electron chi connectivity index (χ4n) is 4.06. The molecule has 10 nitrogen and oxygen atoms in total. The van der Waals surface area contributed by atoms with Gasteiger partial charge in [0.15, 0.2) is 23.0 Å². The maximum absolute atomic E-state index is 12.6. The van der Waals surface area contributed by atoms with Crippen LogP contribution in [0.1, 0.15) is 11.1 Å². The van der Waals surface area contributed by atoms with Crippen LogP contribution in [0.5, 0.6) is 34.5 Å². The largest absolute Gasteiger partial charge is 0.493 e. The molecule has 0 saturated heterocycles. The second-order valence-electron chi connectivity index (χ2n) is 8.88. The number of carbonyl (C=O) groups is 2. The number of hydrogen-bond acceptors (Lipinski definition) is 8. The van der Waals surface area contributed by atoms with E-state index in [2.05, 4.69) is 10.6 Å². The molecular formula is C34H36N2O8. The molecule has 230 valence electrons. The number of amides is 2. The predicted molar refractivity (Wildman–Crippen MR) is 172 cm³/mol. The van der Waals surface area contributed by atoms with Crippen LogP contribution in [0, 0.1) is 0 Å². The maximum atomic E-state index is 12.6. The highest BCUT2D eigenvalue weighted by atomic mass is 16.5. The van der Waals surface area contributed by atoms with E-state index >= 15 is 0 Å². The van der Waals surface area contributed by atoms with Gasteiger partial charge in [-0.1, -0.05) is 48.6 Å². The highest BCUT2D eigenvalue weighted by Gasteiger charge is 2.13. The van der Waals surface area contributed by atoms with Crippen LogP contribution in [0.25, 0.3) is 12.2 Å². The fourth-order valence-corrected chi connectivity index (χ4v) is 4.06. The molecule has 2 N–H and O–H groups in total. The Morgan fingerprint density at radius 2 is 0.864 bits per heavy atom. The minimum atomic E-state index is -0.370. The Labute approximate surface area is 257 Å². The zero-order valence-electron chi connectivity index (χ0n) is 25.5. The molecule has 0 heterocycles. The van der Waals surface area contributed by atoms with Gasteiger partial charge in [0.2, 0.25) is 23.3 Å². The molecule has 0 aliphatic carbocycles. The van der Waals surface area contributed by atoms with Crippen LogP contribution >= 0.6 is 0 Å². The van der Waals surface area contributed by atoms with E-state index in [1.54, 1.807) is 113 Å². The lowest BCUT2D eigenvalue weighted by atomic mass is 10.1. The van der Waals surface area contributed by atoms with Crippen molar-refractivity contribution in [3.05, 3.63) is 96.1 Å². The standard InChI is InChI=1S/C34H36N2O8/c1-39-27-19-23(20-28(40-2)33(27)43-5)13-7-11-17-31(37)35-25-15-9-10-16-26(25)36-32(38)18-12-8-14-24-21-29(41-3)34(44-6)30(22-24)42-4/h7-22H,1-6H3,(H,35,37)(H,36,38)/b13-7+,14-8+,17-11+,18-12+. The summed E-state index contributed by atoms with van der Waals surface area (Å²) in [7, 11) is 9.25. The molecule has 3 rings (SSSR count). The summed E-state index contributed by atoms with van der Waals surface area (Å²) >= 11 is 0. The smallest absolute Gasteiger partial charge is 0.248 e. The molecule has 0 aromatic heterocycles. The summed E-state index contributed by atoms with van der Waals surface area (Å²) in [6.07, 6.45) is 13.0. The van der Waals surface area contributed by atoms with E-state index in [9.17, 15) is 9.59 Å². The monoisotopic (exact) mass is 600 g/mol. The van der Waals surface area contributed by atoms with Crippen molar-refractivity contribution in [2.24, 2.45) is 0 Å². The van der Waals surface area contributed by atoms with Crippen LogP contribution in [0.3, 0.4) is 0 Å². The van der Waals surface area contributed by atoms with Gasteiger partial charge in [0.25, 0.3) is 0 Å². The van der Waals surface area contributed by atoms with Crippen molar-refractivity contribution in [1.29, 1.82) is 0 Å². The van der Waals surface area contributed by atoms with Gasteiger partial charge in [0.1, 0.15) is 0 Å². The lowest BCUT2D eigenvalue weighted by Gasteiger charge is -2.12. The Morgan fingerprint density at radius 1 is 0.523 bits per heavy atom. The molecule has 0 saturated carbocycles. The molecule has 0 unspecified atom stereocenters. The van der Waals surface area contributed by atoms with E-state index in [0.717, 1.165) is 11.1 Å². The van der Waals surface area contributed by atoms with Crippen molar-refractivity contribution in [3.63, 3.8) is 0 Å². The van der Waals surface area contributed by atoms with Crippen molar-refractivity contribution in [1.82, 2.24) is 0 Å². The van der Waals surface area contributed by atoms with Gasteiger partial charge in [-0.3, -0.25) is 9.59 Å². The van der Waals surface area contributed by atoms with Gasteiger partial charge in [0.05, 0.1) is 54.0 Å². The number of rotatable bonds is 14. The molecule has 0 atom stereocenters. The molecule has 0 aliphatic heterocycles. The van der Waals surface area contributed by atoms with Crippen LogP contribution < -0.4 is 39.1 Å². The summed E-state index contributed by atoms with van der Waals surface area (Å²) < 4.78 is 32.1. The molecule has 0 fully saturated rings. The average Bonchev–Trinajstić information content (AvgIpc) is 3.04. The Morgan fingerprint density at radius 3 is 1.16 bits per heavy atom. The number of ether oxygens (including phenoxy) is 6. The van der Waals surface area contributed by atoms with Gasteiger partial charge in [-0.2, -0.15) is 0 Å².